The molecule has 0 heterocycles. The van der Waals surface area contributed by atoms with Crippen molar-refractivity contribution in [1.82, 2.24) is 10.2 Å². The molecule has 1 aliphatic carbocycles. The highest BCUT2D eigenvalue weighted by molar-refractivity contribution is 7.92. The Kier molecular flexibility index (Phi) is 10.1. The fourth-order valence-corrected chi connectivity index (χ4v) is 6.43. The predicted molar refractivity (Wildman–Crippen MR) is 162 cm³/mol. The maximum atomic E-state index is 14.1. The van der Waals surface area contributed by atoms with Crippen LogP contribution >= 0.6 is 0 Å². The first-order valence-corrected chi connectivity index (χ1v) is 15.5. The van der Waals surface area contributed by atoms with Crippen molar-refractivity contribution >= 4 is 27.5 Å². The molecule has 1 N–H and O–H groups in total. The molecular weight excluding hydrogens is 554 g/mol. The molecule has 0 radical (unpaired) electrons. The molecule has 0 aromatic heterocycles. The molecule has 0 spiro atoms. The molecule has 10 heteroatoms. The van der Waals surface area contributed by atoms with E-state index >= 15 is 0 Å². The number of hydrogen-bond donors (Lipinski definition) is 1. The number of carbonyl (C=O) groups excluding carboxylic acids is 2. The summed E-state index contributed by atoms with van der Waals surface area (Å²) >= 11 is 0. The molecule has 42 heavy (non-hydrogen) atoms. The van der Waals surface area contributed by atoms with Gasteiger partial charge < -0.3 is 19.7 Å². The standard InChI is InChI=1S/C32H39N3O6S/c1-23-9-13-27(14-10-23)35(42(38,39)30-19-17-29(41-4)18-20-30)22-31(36)34(21-25-11-15-28(40-3)16-12-25)24(2)32(37)33-26-7-5-6-8-26/h9-20,24,26H,5-8,21-22H2,1-4H3,(H,33,37). The van der Waals surface area contributed by atoms with E-state index in [2.05, 4.69) is 5.32 Å². The van der Waals surface area contributed by atoms with Crippen molar-refractivity contribution in [2.24, 2.45) is 0 Å². The van der Waals surface area contributed by atoms with E-state index in [0.29, 0.717) is 17.2 Å². The van der Waals surface area contributed by atoms with E-state index < -0.39 is 28.5 Å². The first-order valence-electron chi connectivity index (χ1n) is 14.1. The van der Waals surface area contributed by atoms with Gasteiger partial charge in [-0.05, 0) is 80.8 Å². The summed E-state index contributed by atoms with van der Waals surface area (Å²) in [6, 6.07) is 19.4. The first kappa shape index (κ1) is 30.9. The monoisotopic (exact) mass is 593 g/mol. The summed E-state index contributed by atoms with van der Waals surface area (Å²) in [6.07, 6.45) is 3.93. The van der Waals surface area contributed by atoms with Crippen LogP contribution in [0.25, 0.3) is 0 Å². The number of nitrogens with one attached hydrogen (secondary N) is 1. The van der Waals surface area contributed by atoms with Gasteiger partial charge in [0.1, 0.15) is 24.1 Å². The van der Waals surface area contributed by atoms with Crippen molar-refractivity contribution in [2.45, 2.75) is 63.1 Å². The van der Waals surface area contributed by atoms with Crippen LogP contribution in [0.1, 0.15) is 43.7 Å². The number of aryl methyl sites for hydroxylation is 1. The predicted octanol–water partition coefficient (Wildman–Crippen LogP) is 4.68. The van der Waals surface area contributed by atoms with Gasteiger partial charge in [0.2, 0.25) is 11.8 Å². The normalized spacial score (nSPS) is 14.2. The lowest BCUT2D eigenvalue weighted by atomic mass is 10.1. The number of nitrogens with zero attached hydrogens (tertiary/aromatic N) is 2. The van der Waals surface area contributed by atoms with Crippen LogP contribution in [0.5, 0.6) is 11.5 Å². The Morgan fingerprint density at radius 2 is 1.43 bits per heavy atom. The lowest BCUT2D eigenvalue weighted by molar-refractivity contribution is -0.139. The molecule has 1 atom stereocenters. The molecule has 1 saturated carbocycles. The van der Waals surface area contributed by atoms with E-state index in [1.165, 1.54) is 24.1 Å². The van der Waals surface area contributed by atoms with Crippen LogP contribution in [0.15, 0.2) is 77.7 Å². The third-order valence-electron chi connectivity index (χ3n) is 7.63. The van der Waals surface area contributed by atoms with Gasteiger partial charge in [-0.3, -0.25) is 13.9 Å². The van der Waals surface area contributed by atoms with Gasteiger partial charge >= 0.3 is 0 Å². The van der Waals surface area contributed by atoms with E-state index in [4.69, 9.17) is 9.47 Å². The summed E-state index contributed by atoms with van der Waals surface area (Å²) in [4.78, 5) is 28.9. The number of carbonyl (C=O) groups is 2. The SMILES string of the molecule is COc1ccc(CN(C(=O)CN(c2ccc(C)cc2)S(=O)(=O)c2ccc(OC)cc2)C(C)C(=O)NC2CCCC2)cc1. The van der Waals surface area contributed by atoms with Gasteiger partial charge in [0.25, 0.3) is 10.0 Å². The Balaban J connectivity index is 1.67. The third kappa shape index (κ3) is 7.42. The molecule has 2 amide bonds. The lowest BCUT2D eigenvalue weighted by Crippen LogP contribution is -2.52. The van der Waals surface area contributed by atoms with E-state index in [1.54, 1.807) is 62.6 Å². The molecule has 1 aliphatic rings. The molecule has 0 saturated heterocycles. The Hall–Kier alpha value is -4.05. The quantitative estimate of drug-likeness (QED) is 0.327. The van der Waals surface area contributed by atoms with Gasteiger partial charge in [0.05, 0.1) is 24.8 Å². The molecule has 1 unspecified atom stereocenters. The minimum Gasteiger partial charge on any atom is -0.497 e. The fraction of sp³-hybridized carbons (Fsp3) is 0.375. The van der Waals surface area contributed by atoms with E-state index in [1.807, 2.05) is 19.1 Å². The maximum absolute atomic E-state index is 14.1. The number of ether oxygens (including phenoxy) is 2. The van der Waals surface area contributed by atoms with Crippen molar-refractivity contribution in [2.75, 3.05) is 25.1 Å². The van der Waals surface area contributed by atoms with E-state index in [-0.39, 0.29) is 23.4 Å². The number of sulfonamides is 1. The van der Waals surface area contributed by atoms with Crippen LogP contribution in [-0.2, 0) is 26.2 Å². The highest BCUT2D eigenvalue weighted by Crippen LogP contribution is 2.27. The van der Waals surface area contributed by atoms with E-state index in [0.717, 1.165) is 41.1 Å². The number of amides is 2. The number of methoxy groups -OCH3 is 2. The summed E-state index contributed by atoms with van der Waals surface area (Å²) in [5.74, 6) is 0.417. The van der Waals surface area contributed by atoms with Crippen molar-refractivity contribution in [3.05, 3.63) is 83.9 Å². The topological polar surface area (TPSA) is 105 Å². The van der Waals surface area contributed by atoms with Crippen molar-refractivity contribution in [3.63, 3.8) is 0 Å². The summed E-state index contributed by atoms with van der Waals surface area (Å²) in [7, 11) is -1.08. The Labute approximate surface area is 248 Å². The van der Waals surface area contributed by atoms with Crippen LogP contribution < -0.4 is 19.1 Å². The molecule has 0 bridgehead atoms. The molecule has 3 aromatic rings. The lowest BCUT2D eigenvalue weighted by Gasteiger charge is -2.32. The van der Waals surface area contributed by atoms with Crippen LogP contribution in [0, 0.1) is 6.92 Å². The molecule has 1 fully saturated rings. The summed E-state index contributed by atoms with van der Waals surface area (Å²) in [5.41, 5.74) is 2.08. The number of rotatable bonds is 12. The Morgan fingerprint density at radius 1 is 0.881 bits per heavy atom. The van der Waals surface area contributed by atoms with Crippen molar-refractivity contribution in [1.29, 1.82) is 0 Å². The molecule has 3 aromatic carbocycles. The second-order valence-corrected chi connectivity index (χ2v) is 12.4. The van der Waals surface area contributed by atoms with Gasteiger partial charge in [0, 0.05) is 12.6 Å². The third-order valence-corrected chi connectivity index (χ3v) is 9.42. The van der Waals surface area contributed by atoms with Gasteiger partial charge in [-0.1, -0.05) is 42.7 Å². The van der Waals surface area contributed by atoms with Crippen molar-refractivity contribution in [3.8, 4) is 11.5 Å². The Bertz CT molecular complexity index is 1450. The highest BCUT2D eigenvalue weighted by Gasteiger charge is 2.33. The highest BCUT2D eigenvalue weighted by atomic mass is 32.2. The molecule has 224 valence electrons. The fourth-order valence-electron chi connectivity index (χ4n) is 5.02. The van der Waals surface area contributed by atoms with Gasteiger partial charge in [0.15, 0.2) is 0 Å². The molecular formula is C32H39N3O6S. The average molecular weight is 594 g/mol. The summed E-state index contributed by atoms with van der Waals surface area (Å²) < 4.78 is 39.5. The Morgan fingerprint density at radius 3 is 1.98 bits per heavy atom. The molecule has 0 aliphatic heterocycles. The van der Waals surface area contributed by atoms with Crippen LogP contribution in [0.3, 0.4) is 0 Å². The second-order valence-electron chi connectivity index (χ2n) is 10.6. The number of hydrogen-bond acceptors (Lipinski definition) is 6. The average Bonchev–Trinajstić information content (AvgIpc) is 3.52. The number of benzene rings is 3. The van der Waals surface area contributed by atoms with Crippen LogP contribution in [-0.4, -0.2) is 58.0 Å². The zero-order chi connectivity index (χ0) is 30.3. The maximum Gasteiger partial charge on any atom is 0.264 e. The minimum absolute atomic E-state index is 0.0189. The van der Waals surface area contributed by atoms with Gasteiger partial charge in [-0.25, -0.2) is 8.42 Å². The number of anilines is 1. The minimum atomic E-state index is -4.15. The second kappa shape index (κ2) is 13.7. The zero-order valence-electron chi connectivity index (χ0n) is 24.6. The first-order chi connectivity index (χ1) is 20.1. The van der Waals surface area contributed by atoms with Gasteiger partial charge in [-0.2, -0.15) is 0 Å². The smallest absolute Gasteiger partial charge is 0.264 e. The largest absolute Gasteiger partial charge is 0.497 e. The summed E-state index contributed by atoms with van der Waals surface area (Å²) in [5, 5.41) is 3.08. The van der Waals surface area contributed by atoms with Crippen LogP contribution in [0.2, 0.25) is 0 Å². The zero-order valence-corrected chi connectivity index (χ0v) is 25.4. The molecule has 9 nitrogen and oxygen atoms in total. The van der Waals surface area contributed by atoms with Gasteiger partial charge in [-0.15, -0.1) is 0 Å². The van der Waals surface area contributed by atoms with Crippen LogP contribution in [0.4, 0.5) is 5.69 Å². The summed E-state index contributed by atoms with van der Waals surface area (Å²) in [6.45, 7) is 3.21. The molecule has 4 rings (SSSR count). The van der Waals surface area contributed by atoms with Crippen molar-refractivity contribution < 1.29 is 27.5 Å². The van der Waals surface area contributed by atoms with E-state index in [9.17, 15) is 18.0 Å².